The molecule has 0 radical (unpaired) electrons. The van der Waals surface area contributed by atoms with Gasteiger partial charge in [-0.15, -0.1) is 5.10 Å². The number of nitrogens with zero attached hydrogens (tertiary/aromatic N) is 4. The van der Waals surface area contributed by atoms with Crippen LogP contribution in [0.5, 0.6) is 0 Å². The topological polar surface area (TPSA) is 97.6 Å². The molecule has 1 aliphatic rings. The molecule has 1 aliphatic heterocycles. The Morgan fingerprint density at radius 1 is 1.32 bits per heavy atom. The van der Waals surface area contributed by atoms with E-state index in [1.54, 1.807) is 11.6 Å². The standard InChI is InChI=1S/C17H20N4O4/c1-10-5-4-6-12(7-10)21-11(2)15(18-19-21)16(22)20-9-13(25-3)8-14(20)17(23)24/h4-7,13-14H,8-9H2,1-3H3,(H,23,24). The SMILES string of the molecule is COC1CC(C(=O)O)N(C(=O)c2nnn(-c3cccc(C)c3)c2C)C1. The number of hydrogen-bond acceptors (Lipinski definition) is 5. The first-order valence-electron chi connectivity index (χ1n) is 7.98. The highest BCUT2D eigenvalue weighted by Crippen LogP contribution is 2.23. The summed E-state index contributed by atoms with van der Waals surface area (Å²) in [5, 5.41) is 17.5. The smallest absolute Gasteiger partial charge is 0.326 e. The molecular weight excluding hydrogens is 324 g/mol. The van der Waals surface area contributed by atoms with E-state index in [2.05, 4.69) is 10.3 Å². The zero-order chi connectivity index (χ0) is 18.1. The zero-order valence-electron chi connectivity index (χ0n) is 14.3. The second kappa shape index (κ2) is 6.64. The normalized spacial score (nSPS) is 20.0. The summed E-state index contributed by atoms with van der Waals surface area (Å²) in [6.45, 7) is 3.94. The summed E-state index contributed by atoms with van der Waals surface area (Å²) in [7, 11) is 1.51. The number of likely N-dealkylation sites (tertiary alicyclic amines) is 1. The van der Waals surface area contributed by atoms with Crippen molar-refractivity contribution >= 4 is 11.9 Å². The van der Waals surface area contributed by atoms with Crippen molar-refractivity contribution in [3.63, 3.8) is 0 Å². The van der Waals surface area contributed by atoms with E-state index >= 15 is 0 Å². The van der Waals surface area contributed by atoms with Gasteiger partial charge in [0.15, 0.2) is 5.69 Å². The third-order valence-electron chi connectivity index (χ3n) is 4.49. The van der Waals surface area contributed by atoms with Crippen LogP contribution in [0.25, 0.3) is 5.69 Å². The quantitative estimate of drug-likeness (QED) is 0.895. The third-order valence-corrected chi connectivity index (χ3v) is 4.49. The number of aromatic nitrogens is 3. The first-order valence-corrected chi connectivity index (χ1v) is 7.98. The molecule has 8 heteroatoms. The van der Waals surface area contributed by atoms with Crippen LogP contribution in [0.4, 0.5) is 0 Å². The van der Waals surface area contributed by atoms with E-state index in [4.69, 9.17) is 4.74 Å². The number of rotatable bonds is 4. The largest absolute Gasteiger partial charge is 0.480 e. The molecule has 1 amide bonds. The number of benzene rings is 1. The van der Waals surface area contributed by atoms with Crippen molar-refractivity contribution in [1.29, 1.82) is 0 Å². The van der Waals surface area contributed by atoms with Crippen molar-refractivity contribution in [1.82, 2.24) is 19.9 Å². The minimum Gasteiger partial charge on any atom is -0.480 e. The molecule has 132 valence electrons. The predicted octanol–water partition coefficient (Wildman–Crippen LogP) is 1.20. The van der Waals surface area contributed by atoms with E-state index in [0.717, 1.165) is 11.3 Å². The van der Waals surface area contributed by atoms with Crippen LogP contribution in [0.3, 0.4) is 0 Å². The number of carboxylic acid groups (broad SMARTS) is 1. The minimum absolute atomic E-state index is 0.157. The predicted molar refractivity (Wildman–Crippen MR) is 88.7 cm³/mol. The summed E-state index contributed by atoms with van der Waals surface area (Å²) in [4.78, 5) is 25.6. The Morgan fingerprint density at radius 2 is 2.08 bits per heavy atom. The highest BCUT2D eigenvalue weighted by Gasteiger charge is 2.41. The van der Waals surface area contributed by atoms with Gasteiger partial charge in [-0.3, -0.25) is 4.79 Å². The Kier molecular flexibility index (Phi) is 4.54. The summed E-state index contributed by atoms with van der Waals surface area (Å²) < 4.78 is 6.81. The van der Waals surface area contributed by atoms with E-state index < -0.39 is 17.9 Å². The molecule has 0 aliphatic carbocycles. The average molecular weight is 344 g/mol. The van der Waals surface area contributed by atoms with E-state index in [9.17, 15) is 14.7 Å². The van der Waals surface area contributed by atoms with Gasteiger partial charge in [-0.1, -0.05) is 17.3 Å². The van der Waals surface area contributed by atoms with Crippen LogP contribution in [0.1, 0.15) is 28.2 Å². The fourth-order valence-corrected chi connectivity index (χ4v) is 3.09. The second-order valence-electron chi connectivity index (χ2n) is 6.18. The Bertz CT molecular complexity index is 817. The van der Waals surface area contributed by atoms with Crippen molar-refractivity contribution in [3.05, 3.63) is 41.2 Å². The van der Waals surface area contributed by atoms with Gasteiger partial charge in [-0.25, -0.2) is 9.48 Å². The average Bonchev–Trinajstić information content (AvgIpc) is 3.18. The lowest BCUT2D eigenvalue weighted by Gasteiger charge is -2.20. The highest BCUT2D eigenvalue weighted by molar-refractivity contribution is 5.96. The van der Waals surface area contributed by atoms with Crippen LogP contribution in [0.2, 0.25) is 0 Å². The van der Waals surface area contributed by atoms with Crippen LogP contribution in [-0.4, -0.2) is 62.7 Å². The molecule has 0 spiro atoms. The Balaban J connectivity index is 1.92. The maximum absolute atomic E-state index is 12.8. The molecule has 2 heterocycles. The summed E-state index contributed by atoms with van der Waals surface area (Å²) >= 11 is 0. The molecule has 25 heavy (non-hydrogen) atoms. The summed E-state index contributed by atoms with van der Waals surface area (Å²) in [6, 6.07) is 6.76. The van der Waals surface area contributed by atoms with Crippen molar-refractivity contribution in [3.8, 4) is 5.69 Å². The number of aryl methyl sites for hydroxylation is 1. The van der Waals surface area contributed by atoms with Gasteiger partial charge < -0.3 is 14.7 Å². The number of carbonyl (C=O) groups excluding carboxylic acids is 1. The molecule has 2 aromatic rings. The van der Waals surface area contributed by atoms with E-state index in [1.165, 1.54) is 12.0 Å². The lowest BCUT2D eigenvalue weighted by atomic mass is 10.2. The van der Waals surface area contributed by atoms with Crippen molar-refractivity contribution in [2.45, 2.75) is 32.4 Å². The van der Waals surface area contributed by atoms with Crippen molar-refractivity contribution < 1.29 is 19.4 Å². The maximum atomic E-state index is 12.8. The number of ether oxygens (including phenoxy) is 1. The number of hydrogen-bond donors (Lipinski definition) is 1. The molecule has 1 aromatic heterocycles. The summed E-state index contributed by atoms with van der Waals surface area (Å²) in [6.07, 6.45) is -0.0278. The minimum atomic E-state index is -1.04. The van der Waals surface area contributed by atoms with Gasteiger partial charge in [0.25, 0.3) is 5.91 Å². The first-order chi connectivity index (χ1) is 11.9. The molecule has 1 aromatic carbocycles. The molecule has 1 fully saturated rings. The highest BCUT2D eigenvalue weighted by atomic mass is 16.5. The Labute approximate surface area is 145 Å². The fraction of sp³-hybridized carbons (Fsp3) is 0.412. The summed E-state index contributed by atoms with van der Waals surface area (Å²) in [5.74, 6) is -1.49. The van der Waals surface area contributed by atoms with Crippen LogP contribution in [-0.2, 0) is 9.53 Å². The monoisotopic (exact) mass is 344 g/mol. The molecule has 2 unspecified atom stereocenters. The lowest BCUT2D eigenvalue weighted by Crippen LogP contribution is -2.41. The van der Waals surface area contributed by atoms with Gasteiger partial charge in [-0.2, -0.15) is 0 Å². The Morgan fingerprint density at radius 3 is 2.72 bits per heavy atom. The summed E-state index contributed by atoms with van der Waals surface area (Å²) in [5.41, 5.74) is 2.59. The van der Waals surface area contributed by atoms with Crippen molar-refractivity contribution in [2.24, 2.45) is 0 Å². The van der Waals surface area contributed by atoms with Crippen LogP contribution < -0.4 is 0 Å². The molecular formula is C17H20N4O4. The number of methoxy groups -OCH3 is 1. The Hall–Kier alpha value is -2.74. The molecule has 1 N–H and O–H groups in total. The van der Waals surface area contributed by atoms with Gasteiger partial charge in [0.05, 0.1) is 17.5 Å². The molecule has 1 saturated heterocycles. The van der Waals surface area contributed by atoms with Gasteiger partial charge >= 0.3 is 5.97 Å². The van der Waals surface area contributed by atoms with Gasteiger partial charge in [0.2, 0.25) is 0 Å². The first kappa shape index (κ1) is 17.1. The second-order valence-corrected chi connectivity index (χ2v) is 6.18. The number of carbonyl (C=O) groups is 2. The van der Waals surface area contributed by atoms with E-state index in [-0.39, 0.29) is 24.8 Å². The number of aliphatic carboxylic acids is 1. The molecule has 0 bridgehead atoms. The number of carboxylic acids is 1. The van der Waals surface area contributed by atoms with Crippen LogP contribution in [0, 0.1) is 13.8 Å². The fourth-order valence-electron chi connectivity index (χ4n) is 3.09. The maximum Gasteiger partial charge on any atom is 0.326 e. The van der Waals surface area contributed by atoms with E-state index in [1.807, 2.05) is 31.2 Å². The van der Waals surface area contributed by atoms with Gasteiger partial charge in [-0.05, 0) is 31.5 Å². The van der Waals surface area contributed by atoms with E-state index in [0.29, 0.717) is 5.69 Å². The molecule has 3 rings (SSSR count). The third kappa shape index (κ3) is 3.12. The van der Waals surface area contributed by atoms with Crippen molar-refractivity contribution in [2.75, 3.05) is 13.7 Å². The zero-order valence-corrected chi connectivity index (χ0v) is 14.3. The van der Waals surface area contributed by atoms with Gasteiger partial charge in [0, 0.05) is 20.1 Å². The van der Waals surface area contributed by atoms with Gasteiger partial charge in [0.1, 0.15) is 6.04 Å². The van der Waals surface area contributed by atoms with Crippen LogP contribution in [0.15, 0.2) is 24.3 Å². The molecule has 8 nitrogen and oxygen atoms in total. The lowest BCUT2D eigenvalue weighted by molar-refractivity contribution is -0.141. The molecule has 2 atom stereocenters. The number of amides is 1. The molecule has 0 saturated carbocycles. The van der Waals surface area contributed by atoms with Crippen LogP contribution >= 0.6 is 0 Å².